The van der Waals surface area contributed by atoms with Crippen LogP contribution in [0.4, 0.5) is 0 Å². The Morgan fingerprint density at radius 2 is 1.14 bits per heavy atom. The Labute approximate surface area is 141 Å². The normalized spacial score (nSPS) is 10.5. The second kappa shape index (κ2) is 6.80. The lowest BCUT2D eigenvalue weighted by Crippen LogP contribution is -1.96. The van der Waals surface area contributed by atoms with Crippen molar-refractivity contribution in [2.24, 2.45) is 0 Å². The van der Waals surface area contributed by atoms with Crippen molar-refractivity contribution in [3.05, 3.63) is 68.7 Å². The molecule has 2 aromatic carbocycles. The smallest absolute Gasteiger partial charge is 0.252 e. The van der Waals surface area contributed by atoms with E-state index in [1.165, 1.54) is 12.1 Å². The Hall–Kier alpha value is -1.06. The third kappa shape index (κ3) is 3.98. The molecular formula is C15H8Cl4O2. The van der Waals surface area contributed by atoms with Crippen LogP contribution in [0.15, 0.2) is 36.4 Å². The minimum atomic E-state index is -0.563. The van der Waals surface area contributed by atoms with E-state index in [0.717, 1.165) is 11.1 Å². The molecule has 0 bridgehead atoms. The van der Waals surface area contributed by atoms with Gasteiger partial charge in [-0.25, -0.2) is 0 Å². The second-order valence-corrected chi connectivity index (χ2v) is 5.84. The summed E-state index contributed by atoms with van der Waals surface area (Å²) in [5.74, 6) is 0. The van der Waals surface area contributed by atoms with Crippen LogP contribution in [0, 0.1) is 0 Å². The Morgan fingerprint density at radius 3 is 1.43 bits per heavy atom. The quantitative estimate of drug-likeness (QED) is 0.688. The van der Waals surface area contributed by atoms with E-state index in [-0.39, 0.29) is 0 Å². The predicted octanol–water partition coefficient (Wildman–Crippen LogP) is 5.34. The average molecular weight is 362 g/mol. The number of hydrogen-bond acceptors (Lipinski definition) is 2. The van der Waals surface area contributed by atoms with Crippen molar-refractivity contribution in [3.63, 3.8) is 0 Å². The first kappa shape index (κ1) is 16.3. The maximum atomic E-state index is 11.1. The van der Waals surface area contributed by atoms with Crippen LogP contribution in [0.25, 0.3) is 0 Å². The third-order valence-electron chi connectivity index (χ3n) is 2.94. The van der Waals surface area contributed by atoms with Gasteiger partial charge in [0.2, 0.25) is 0 Å². The Balaban J connectivity index is 2.30. The summed E-state index contributed by atoms with van der Waals surface area (Å²) in [6.07, 6.45) is 0.463. The molecule has 108 valence electrons. The summed E-state index contributed by atoms with van der Waals surface area (Å²) in [6, 6.07) is 9.65. The molecule has 0 aliphatic carbocycles. The summed E-state index contributed by atoms with van der Waals surface area (Å²) in [4.78, 5) is 22.1. The number of hydrogen-bond donors (Lipinski definition) is 0. The highest BCUT2D eigenvalue weighted by atomic mass is 35.5. The zero-order chi connectivity index (χ0) is 15.6. The van der Waals surface area contributed by atoms with Gasteiger partial charge < -0.3 is 0 Å². The van der Waals surface area contributed by atoms with Gasteiger partial charge in [-0.15, -0.1) is 0 Å². The molecule has 0 spiro atoms. The monoisotopic (exact) mass is 360 g/mol. The molecule has 0 fully saturated rings. The van der Waals surface area contributed by atoms with Crippen LogP contribution >= 0.6 is 46.4 Å². The summed E-state index contributed by atoms with van der Waals surface area (Å²) in [5, 5.41) is -0.275. The number of benzene rings is 2. The lowest BCUT2D eigenvalue weighted by Gasteiger charge is -2.08. The molecule has 0 aromatic heterocycles. The first-order valence-electron chi connectivity index (χ1n) is 5.85. The molecule has 0 atom stereocenters. The first-order chi connectivity index (χ1) is 9.88. The minimum Gasteiger partial charge on any atom is -0.276 e. The predicted molar refractivity (Wildman–Crippen MR) is 86.1 cm³/mol. The van der Waals surface area contributed by atoms with E-state index < -0.39 is 10.5 Å². The second-order valence-electron chi connectivity index (χ2n) is 4.34. The van der Waals surface area contributed by atoms with Crippen molar-refractivity contribution in [1.29, 1.82) is 0 Å². The van der Waals surface area contributed by atoms with E-state index in [9.17, 15) is 9.59 Å². The van der Waals surface area contributed by atoms with Crippen LogP contribution in [0.1, 0.15) is 31.8 Å². The molecule has 0 saturated carbocycles. The molecule has 0 radical (unpaired) electrons. The van der Waals surface area contributed by atoms with Gasteiger partial charge in [-0.05, 0) is 58.6 Å². The molecule has 0 aliphatic rings. The van der Waals surface area contributed by atoms with Gasteiger partial charge in [-0.1, -0.05) is 35.3 Å². The summed E-state index contributed by atoms with van der Waals surface area (Å²) >= 11 is 23.1. The first-order valence-corrected chi connectivity index (χ1v) is 7.36. The van der Waals surface area contributed by atoms with Gasteiger partial charge in [0.25, 0.3) is 10.5 Å². The zero-order valence-electron chi connectivity index (χ0n) is 10.5. The largest absolute Gasteiger partial charge is 0.276 e. The van der Waals surface area contributed by atoms with Gasteiger partial charge in [0.15, 0.2) is 0 Å². The maximum Gasteiger partial charge on any atom is 0.252 e. The van der Waals surface area contributed by atoms with E-state index in [2.05, 4.69) is 0 Å². The Morgan fingerprint density at radius 1 is 0.762 bits per heavy atom. The molecule has 0 heterocycles. The summed E-state index contributed by atoms with van der Waals surface area (Å²) < 4.78 is 0. The fourth-order valence-corrected chi connectivity index (χ4v) is 2.56. The van der Waals surface area contributed by atoms with Crippen molar-refractivity contribution >= 4 is 56.9 Å². The van der Waals surface area contributed by atoms with Gasteiger partial charge in [0.1, 0.15) is 0 Å². The molecule has 6 heteroatoms. The molecule has 2 rings (SSSR count). The molecule has 2 aromatic rings. The molecule has 21 heavy (non-hydrogen) atoms. The van der Waals surface area contributed by atoms with Crippen LogP contribution in [0.5, 0.6) is 0 Å². The highest BCUT2D eigenvalue weighted by Gasteiger charge is 2.10. The number of carbonyl (C=O) groups is 2. The van der Waals surface area contributed by atoms with E-state index >= 15 is 0 Å². The Bertz CT molecular complexity index is 664. The highest BCUT2D eigenvalue weighted by molar-refractivity contribution is 6.68. The molecule has 0 saturated heterocycles. The fraction of sp³-hybridized carbons (Fsp3) is 0.0667. The number of halogens is 4. The minimum absolute atomic E-state index is 0.333. The van der Waals surface area contributed by atoms with E-state index in [1.807, 2.05) is 0 Å². The summed E-state index contributed by atoms with van der Waals surface area (Å²) in [7, 11) is 0. The summed E-state index contributed by atoms with van der Waals surface area (Å²) in [5.41, 5.74) is 2.26. The van der Waals surface area contributed by atoms with Crippen LogP contribution in [-0.4, -0.2) is 10.5 Å². The number of carbonyl (C=O) groups excluding carboxylic acids is 2. The van der Waals surface area contributed by atoms with Gasteiger partial charge in [-0.3, -0.25) is 9.59 Å². The van der Waals surface area contributed by atoms with Crippen LogP contribution < -0.4 is 0 Å². The van der Waals surface area contributed by atoms with Gasteiger partial charge in [0.05, 0.1) is 0 Å². The maximum absolute atomic E-state index is 11.1. The van der Waals surface area contributed by atoms with Gasteiger partial charge >= 0.3 is 0 Å². The van der Waals surface area contributed by atoms with Crippen molar-refractivity contribution in [3.8, 4) is 0 Å². The average Bonchev–Trinajstić information content (AvgIpc) is 2.42. The van der Waals surface area contributed by atoms with Crippen molar-refractivity contribution in [2.75, 3.05) is 0 Å². The van der Waals surface area contributed by atoms with E-state index in [1.54, 1.807) is 24.3 Å². The molecular weight excluding hydrogens is 354 g/mol. The van der Waals surface area contributed by atoms with Crippen molar-refractivity contribution in [1.82, 2.24) is 0 Å². The molecule has 0 N–H and O–H groups in total. The summed E-state index contributed by atoms with van der Waals surface area (Å²) in [6.45, 7) is 0. The molecule has 0 unspecified atom stereocenters. The molecule has 0 amide bonds. The molecule has 0 aliphatic heterocycles. The number of rotatable bonds is 4. The van der Waals surface area contributed by atoms with Gasteiger partial charge in [-0.2, -0.15) is 0 Å². The van der Waals surface area contributed by atoms with Crippen molar-refractivity contribution < 1.29 is 9.59 Å². The van der Waals surface area contributed by atoms with E-state index in [4.69, 9.17) is 46.4 Å². The van der Waals surface area contributed by atoms with E-state index in [0.29, 0.717) is 27.6 Å². The Kier molecular flexibility index (Phi) is 5.28. The SMILES string of the molecule is O=C(Cl)c1ccc(Cc2ccc(C(=O)Cl)cc2Cl)c(Cl)c1. The lowest BCUT2D eigenvalue weighted by atomic mass is 10.0. The third-order valence-corrected chi connectivity index (χ3v) is 4.08. The zero-order valence-corrected chi connectivity index (χ0v) is 13.5. The molecule has 2 nitrogen and oxygen atoms in total. The van der Waals surface area contributed by atoms with Crippen LogP contribution in [0.3, 0.4) is 0 Å². The topological polar surface area (TPSA) is 34.1 Å². The van der Waals surface area contributed by atoms with Gasteiger partial charge in [0, 0.05) is 27.6 Å². The standard InChI is InChI=1S/C15H8Cl4O2/c16-12-6-10(14(18)20)3-1-8(12)5-9-2-4-11(15(19)21)7-13(9)17/h1-4,6-7H,5H2. The van der Waals surface area contributed by atoms with Crippen LogP contribution in [-0.2, 0) is 6.42 Å². The highest BCUT2D eigenvalue weighted by Crippen LogP contribution is 2.26. The lowest BCUT2D eigenvalue weighted by molar-refractivity contribution is 0.107. The fourth-order valence-electron chi connectivity index (χ4n) is 1.83. The van der Waals surface area contributed by atoms with Crippen LogP contribution in [0.2, 0.25) is 10.0 Å². The van der Waals surface area contributed by atoms with Crippen molar-refractivity contribution in [2.45, 2.75) is 6.42 Å².